The molecule has 0 bridgehead atoms. The van der Waals surface area contributed by atoms with Gasteiger partial charge < -0.3 is 5.32 Å². The molecular weight excluding hydrogens is 248 g/mol. The Labute approximate surface area is 105 Å². The van der Waals surface area contributed by atoms with Crippen LogP contribution in [0.1, 0.15) is 23.2 Å². The van der Waals surface area contributed by atoms with Crippen LogP contribution in [-0.2, 0) is 0 Å². The molecule has 1 saturated heterocycles. The van der Waals surface area contributed by atoms with Gasteiger partial charge >= 0.3 is 0 Å². The molecule has 0 spiro atoms. The first kappa shape index (κ1) is 14.1. The van der Waals surface area contributed by atoms with Gasteiger partial charge in [0.15, 0.2) is 5.78 Å². The minimum atomic E-state index is -0.761. The van der Waals surface area contributed by atoms with E-state index in [4.69, 9.17) is 0 Å². The maximum Gasteiger partial charge on any atom is 0.171 e. The first-order valence-electron chi connectivity index (χ1n) is 5.39. The molecule has 1 N–H and O–H groups in total. The maximum absolute atomic E-state index is 13.4. The summed E-state index contributed by atoms with van der Waals surface area (Å²) in [6, 6.07) is 3.51. The minimum Gasteiger partial charge on any atom is -0.317 e. The quantitative estimate of drug-likeness (QED) is 0.829. The summed E-state index contributed by atoms with van der Waals surface area (Å²) in [4.78, 5) is 11.9. The fourth-order valence-corrected chi connectivity index (χ4v) is 2.02. The molecule has 1 heterocycles. The van der Waals surface area contributed by atoms with Gasteiger partial charge in [-0.2, -0.15) is 0 Å². The predicted molar refractivity (Wildman–Crippen MR) is 63.5 cm³/mol. The van der Waals surface area contributed by atoms with Crippen LogP contribution in [0.25, 0.3) is 0 Å². The molecule has 17 heavy (non-hydrogen) atoms. The van der Waals surface area contributed by atoms with Gasteiger partial charge in [0.2, 0.25) is 0 Å². The van der Waals surface area contributed by atoms with Crippen LogP contribution >= 0.6 is 12.4 Å². The van der Waals surface area contributed by atoms with Crippen molar-refractivity contribution >= 4 is 18.2 Å². The number of ketones is 1. The van der Waals surface area contributed by atoms with Crippen molar-refractivity contribution in [1.82, 2.24) is 5.32 Å². The molecular formula is C12H14ClF2NO. The molecule has 1 fully saturated rings. The van der Waals surface area contributed by atoms with Crippen LogP contribution in [0.3, 0.4) is 0 Å². The highest BCUT2D eigenvalue weighted by atomic mass is 35.5. The van der Waals surface area contributed by atoms with Crippen molar-refractivity contribution in [2.75, 3.05) is 13.1 Å². The summed E-state index contributed by atoms with van der Waals surface area (Å²) in [5, 5.41) is 3.11. The smallest absolute Gasteiger partial charge is 0.171 e. The Hall–Kier alpha value is -1.00. The summed E-state index contributed by atoms with van der Waals surface area (Å²) in [5.41, 5.74) is -0.380. The summed E-state index contributed by atoms with van der Waals surface area (Å²) in [7, 11) is 0. The van der Waals surface area contributed by atoms with E-state index >= 15 is 0 Å². The largest absolute Gasteiger partial charge is 0.317 e. The molecule has 5 heteroatoms. The summed E-state index contributed by atoms with van der Waals surface area (Å²) < 4.78 is 26.8. The van der Waals surface area contributed by atoms with Crippen LogP contribution in [0.2, 0.25) is 0 Å². The fourth-order valence-electron chi connectivity index (χ4n) is 2.02. The second kappa shape index (κ2) is 6.07. The summed E-state index contributed by atoms with van der Waals surface area (Å²) in [6.07, 6.45) is 1.29. The van der Waals surface area contributed by atoms with E-state index in [0.29, 0.717) is 12.8 Å². The molecule has 0 radical (unpaired) electrons. The molecule has 1 aromatic carbocycles. The van der Waals surface area contributed by atoms with Crippen LogP contribution in [0, 0.1) is 17.6 Å². The number of carbonyl (C=O) groups is 1. The highest BCUT2D eigenvalue weighted by molar-refractivity contribution is 5.98. The van der Waals surface area contributed by atoms with Gasteiger partial charge in [0.05, 0.1) is 5.56 Å². The Bertz CT molecular complexity index is 385. The third-order valence-electron chi connectivity index (χ3n) is 2.92. The third kappa shape index (κ3) is 3.01. The van der Waals surface area contributed by atoms with Gasteiger partial charge in [-0.3, -0.25) is 4.79 Å². The normalized spacial score (nSPS) is 16.4. The Morgan fingerprint density at radius 1 is 1.18 bits per heavy atom. The second-order valence-corrected chi connectivity index (χ2v) is 3.99. The third-order valence-corrected chi connectivity index (χ3v) is 2.92. The highest BCUT2D eigenvalue weighted by Crippen LogP contribution is 2.22. The van der Waals surface area contributed by atoms with Crippen molar-refractivity contribution in [1.29, 1.82) is 0 Å². The Morgan fingerprint density at radius 2 is 1.71 bits per heavy atom. The summed E-state index contributed by atoms with van der Waals surface area (Å²) in [5.74, 6) is -2.18. The van der Waals surface area contributed by atoms with Crippen LogP contribution in [0.5, 0.6) is 0 Å². The lowest BCUT2D eigenvalue weighted by atomic mass is 9.89. The molecule has 2 rings (SSSR count). The van der Waals surface area contributed by atoms with E-state index < -0.39 is 17.4 Å². The van der Waals surface area contributed by atoms with Crippen molar-refractivity contribution < 1.29 is 13.6 Å². The van der Waals surface area contributed by atoms with E-state index in [-0.39, 0.29) is 23.9 Å². The zero-order valence-electron chi connectivity index (χ0n) is 9.21. The van der Waals surface area contributed by atoms with Crippen molar-refractivity contribution in [3.8, 4) is 0 Å². The van der Waals surface area contributed by atoms with E-state index in [2.05, 4.69) is 5.32 Å². The van der Waals surface area contributed by atoms with E-state index in [0.717, 1.165) is 25.2 Å². The lowest BCUT2D eigenvalue weighted by Crippen LogP contribution is -2.32. The van der Waals surface area contributed by atoms with Gasteiger partial charge in [-0.05, 0) is 38.1 Å². The fraction of sp³-hybridized carbons (Fsp3) is 0.417. The lowest BCUT2D eigenvalue weighted by molar-refractivity contribution is 0.0886. The van der Waals surface area contributed by atoms with E-state index in [1.165, 1.54) is 6.07 Å². The van der Waals surface area contributed by atoms with Gasteiger partial charge in [-0.25, -0.2) is 8.78 Å². The second-order valence-electron chi connectivity index (χ2n) is 3.99. The van der Waals surface area contributed by atoms with Crippen LogP contribution in [0.15, 0.2) is 18.2 Å². The molecule has 1 aliphatic rings. The number of nitrogens with one attached hydrogen (secondary N) is 1. The van der Waals surface area contributed by atoms with Gasteiger partial charge in [-0.15, -0.1) is 12.4 Å². The average Bonchev–Trinajstić information content (AvgIpc) is 2.30. The van der Waals surface area contributed by atoms with Crippen LogP contribution in [0.4, 0.5) is 8.78 Å². The number of rotatable bonds is 2. The maximum atomic E-state index is 13.4. The highest BCUT2D eigenvalue weighted by Gasteiger charge is 2.26. The molecule has 1 aliphatic heterocycles. The number of hydrogen-bond acceptors (Lipinski definition) is 2. The monoisotopic (exact) mass is 261 g/mol. The van der Waals surface area contributed by atoms with E-state index in [9.17, 15) is 13.6 Å². The molecule has 0 aromatic heterocycles. The Balaban J connectivity index is 0.00000144. The van der Waals surface area contributed by atoms with Crippen molar-refractivity contribution in [3.63, 3.8) is 0 Å². The zero-order valence-corrected chi connectivity index (χ0v) is 10.0. The van der Waals surface area contributed by atoms with Gasteiger partial charge in [0, 0.05) is 5.92 Å². The molecule has 0 aliphatic carbocycles. The molecule has 0 unspecified atom stereocenters. The Kier molecular flexibility index (Phi) is 5.02. The topological polar surface area (TPSA) is 29.1 Å². The van der Waals surface area contributed by atoms with E-state index in [1.54, 1.807) is 0 Å². The summed E-state index contributed by atoms with van der Waals surface area (Å²) >= 11 is 0. The lowest BCUT2D eigenvalue weighted by Gasteiger charge is -2.21. The predicted octanol–water partition coefficient (Wildman–Crippen LogP) is 2.57. The molecule has 1 aromatic rings. The first-order chi connectivity index (χ1) is 7.70. The minimum absolute atomic E-state index is 0. The SMILES string of the molecule is Cl.O=C(c1c(F)cccc1F)C1CCNCC1. The van der Waals surface area contributed by atoms with E-state index in [1.807, 2.05) is 0 Å². The van der Waals surface area contributed by atoms with Crippen LogP contribution in [-0.4, -0.2) is 18.9 Å². The van der Waals surface area contributed by atoms with Gasteiger partial charge in [0.25, 0.3) is 0 Å². The van der Waals surface area contributed by atoms with Crippen molar-refractivity contribution in [2.45, 2.75) is 12.8 Å². The molecule has 0 amide bonds. The molecule has 0 saturated carbocycles. The first-order valence-corrected chi connectivity index (χ1v) is 5.39. The molecule has 94 valence electrons. The van der Waals surface area contributed by atoms with Crippen LogP contribution < -0.4 is 5.32 Å². The molecule has 0 atom stereocenters. The summed E-state index contributed by atoms with van der Waals surface area (Å²) in [6.45, 7) is 1.46. The number of halogens is 3. The Morgan fingerprint density at radius 3 is 2.24 bits per heavy atom. The average molecular weight is 262 g/mol. The number of hydrogen-bond donors (Lipinski definition) is 1. The standard InChI is InChI=1S/C12H13F2NO.ClH/c13-9-2-1-3-10(14)11(9)12(16)8-4-6-15-7-5-8;/h1-3,8,15H,4-7H2;1H. The molecule has 2 nitrogen and oxygen atoms in total. The van der Waals surface area contributed by atoms with Crippen molar-refractivity contribution in [2.24, 2.45) is 5.92 Å². The van der Waals surface area contributed by atoms with Gasteiger partial charge in [-0.1, -0.05) is 6.07 Å². The zero-order chi connectivity index (χ0) is 11.5. The van der Waals surface area contributed by atoms with Crippen molar-refractivity contribution in [3.05, 3.63) is 35.4 Å². The number of carbonyl (C=O) groups excluding carboxylic acids is 1. The number of piperidine rings is 1. The number of Topliss-reactive ketones (excluding diaryl/α,β-unsaturated/α-hetero) is 1. The number of benzene rings is 1. The van der Waals surface area contributed by atoms with Gasteiger partial charge in [0.1, 0.15) is 11.6 Å².